The predicted octanol–water partition coefficient (Wildman–Crippen LogP) is 3.89. The third-order valence-corrected chi connectivity index (χ3v) is 3.85. The Bertz CT molecular complexity index is 535. The number of halogens is 1. The van der Waals surface area contributed by atoms with Crippen molar-refractivity contribution in [3.05, 3.63) is 40.5 Å². The van der Waals surface area contributed by atoms with Gasteiger partial charge < -0.3 is 4.74 Å². The van der Waals surface area contributed by atoms with Gasteiger partial charge in [-0.25, -0.2) is 0 Å². The number of ether oxygens (including phenoxy) is 1. The minimum absolute atomic E-state index is 0.611. The molecule has 0 aliphatic carbocycles. The summed E-state index contributed by atoms with van der Waals surface area (Å²) in [6.45, 7) is 1.75. The zero-order chi connectivity index (χ0) is 11.7. The van der Waals surface area contributed by atoms with E-state index in [-0.39, 0.29) is 0 Å². The fourth-order valence-corrected chi connectivity index (χ4v) is 2.75. The van der Waals surface area contributed by atoms with Crippen LogP contribution in [-0.4, -0.2) is 18.2 Å². The van der Waals surface area contributed by atoms with Crippen molar-refractivity contribution in [1.29, 1.82) is 0 Å². The summed E-state index contributed by atoms with van der Waals surface area (Å²) < 4.78 is 6.51. The van der Waals surface area contributed by atoms with Crippen LogP contribution >= 0.6 is 15.9 Å². The summed E-state index contributed by atoms with van der Waals surface area (Å²) in [5, 5.41) is 1.21. The minimum atomic E-state index is 0.611. The Labute approximate surface area is 109 Å². The molecular formula is C14H14BrNO. The molecule has 3 rings (SSSR count). The van der Waals surface area contributed by atoms with Gasteiger partial charge in [-0.2, -0.15) is 0 Å². The molecule has 2 nitrogen and oxygen atoms in total. The first-order chi connectivity index (χ1) is 8.33. The molecule has 88 valence electrons. The quantitative estimate of drug-likeness (QED) is 0.795. The minimum Gasteiger partial charge on any atom is -0.381 e. The molecule has 0 spiro atoms. The Morgan fingerprint density at radius 3 is 2.82 bits per heavy atom. The summed E-state index contributed by atoms with van der Waals surface area (Å²) in [5.74, 6) is 0.611. The lowest BCUT2D eigenvalue weighted by atomic mass is 9.92. The van der Waals surface area contributed by atoms with Crippen molar-refractivity contribution in [2.75, 3.05) is 13.2 Å². The van der Waals surface area contributed by atoms with Crippen LogP contribution < -0.4 is 0 Å². The van der Waals surface area contributed by atoms with Gasteiger partial charge in [-0.3, -0.25) is 4.98 Å². The predicted molar refractivity (Wildman–Crippen MR) is 72.2 cm³/mol. The number of fused-ring (bicyclic) bond motifs is 1. The Morgan fingerprint density at radius 2 is 2.00 bits per heavy atom. The number of benzene rings is 1. The largest absolute Gasteiger partial charge is 0.381 e. The number of hydrogen-bond acceptors (Lipinski definition) is 2. The highest BCUT2D eigenvalue weighted by molar-refractivity contribution is 9.10. The zero-order valence-electron chi connectivity index (χ0n) is 9.53. The summed E-state index contributed by atoms with van der Waals surface area (Å²) in [5.41, 5.74) is 2.41. The number of nitrogens with zero attached hydrogens (tertiary/aromatic N) is 1. The maximum absolute atomic E-state index is 5.40. The van der Waals surface area contributed by atoms with Crippen LogP contribution in [0.2, 0.25) is 0 Å². The van der Waals surface area contributed by atoms with E-state index in [2.05, 4.69) is 33.0 Å². The first-order valence-corrected chi connectivity index (χ1v) is 6.75. The molecule has 0 saturated carbocycles. The first kappa shape index (κ1) is 11.2. The summed E-state index contributed by atoms with van der Waals surface area (Å²) in [6, 6.07) is 8.48. The average Bonchev–Trinajstić information content (AvgIpc) is 2.39. The van der Waals surface area contributed by atoms with Crippen LogP contribution in [0.5, 0.6) is 0 Å². The van der Waals surface area contributed by atoms with Gasteiger partial charge in [0.15, 0.2) is 0 Å². The first-order valence-electron chi connectivity index (χ1n) is 5.96. The van der Waals surface area contributed by atoms with Gasteiger partial charge >= 0.3 is 0 Å². The molecule has 0 atom stereocenters. The maximum atomic E-state index is 5.40. The molecule has 0 unspecified atom stereocenters. The van der Waals surface area contributed by atoms with E-state index in [1.54, 1.807) is 0 Å². The molecule has 17 heavy (non-hydrogen) atoms. The van der Waals surface area contributed by atoms with E-state index in [1.807, 2.05) is 18.3 Å². The normalized spacial score (nSPS) is 17.5. The average molecular weight is 292 g/mol. The summed E-state index contributed by atoms with van der Waals surface area (Å²) in [4.78, 5) is 4.54. The van der Waals surface area contributed by atoms with Crippen molar-refractivity contribution in [1.82, 2.24) is 4.98 Å². The van der Waals surface area contributed by atoms with Gasteiger partial charge in [0.05, 0.1) is 5.52 Å². The SMILES string of the molecule is Brc1ccc2ncc(C3CCOCC3)cc2c1. The van der Waals surface area contributed by atoms with Crippen LogP contribution in [0.3, 0.4) is 0 Å². The van der Waals surface area contributed by atoms with Crippen molar-refractivity contribution >= 4 is 26.8 Å². The van der Waals surface area contributed by atoms with Gasteiger partial charge in [0.1, 0.15) is 0 Å². The molecule has 0 bridgehead atoms. The molecule has 3 heteroatoms. The van der Waals surface area contributed by atoms with E-state index in [4.69, 9.17) is 4.74 Å². The third kappa shape index (κ3) is 2.35. The van der Waals surface area contributed by atoms with E-state index in [0.29, 0.717) is 5.92 Å². The second-order valence-electron chi connectivity index (χ2n) is 4.49. The fourth-order valence-electron chi connectivity index (χ4n) is 2.37. The molecule has 0 amide bonds. The molecule has 0 N–H and O–H groups in total. The standard InChI is InChI=1S/C14H14BrNO/c15-13-1-2-14-11(8-13)7-12(9-16-14)10-3-5-17-6-4-10/h1-2,7-10H,3-6H2. The second-order valence-corrected chi connectivity index (χ2v) is 5.41. The Hall–Kier alpha value is -0.930. The van der Waals surface area contributed by atoms with Crippen LogP contribution in [0.4, 0.5) is 0 Å². The van der Waals surface area contributed by atoms with Gasteiger partial charge in [-0.15, -0.1) is 0 Å². The smallest absolute Gasteiger partial charge is 0.0702 e. The van der Waals surface area contributed by atoms with Gasteiger partial charge in [-0.05, 0) is 48.6 Å². The Kier molecular flexibility index (Phi) is 3.12. The lowest BCUT2D eigenvalue weighted by Crippen LogP contribution is -2.14. The summed E-state index contributed by atoms with van der Waals surface area (Å²) in [7, 11) is 0. The lowest BCUT2D eigenvalue weighted by molar-refractivity contribution is 0.0853. The molecule has 2 aromatic rings. The molecule has 2 heterocycles. The van der Waals surface area contributed by atoms with Crippen molar-refractivity contribution in [3.63, 3.8) is 0 Å². The van der Waals surface area contributed by atoms with Crippen molar-refractivity contribution in [2.24, 2.45) is 0 Å². The molecule has 1 aliphatic heterocycles. The van der Waals surface area contributed by atoms with Crippen molar-refractivity contribution in [2.45, 2.75) is 18.8 Å². The molecule has 1 saturated heterocycles. The number of rotatable bonds is 1. The van der Waals surface area contributed by atoms with Gasteiger partial charge in [0.2, 0.25) is 0 Å². The van der Waals surface area contributed by atoms with Gasteiger partial charge in [-0.1, -0.05) is 15.9 Å². The van der Waals surface area contributed by atoms with E-state index in [9.17, 15) is 0 Å². The maximum Gasteiger partial charge on any atom is 0.0702 e. The highest BCUT2D eigenvalue weighted by atomic mass is 79.9. The second kappa shape index (κ2) is 4.75. The number of aromatic nitrogens is 1. The van der Waals surface area contributed by atoms with Crippen LogP contribution in [0.15, 0.2) is 34.9 Å². The topological polar surface area (TPSA) is 22.1 Å². The summed E-state index contributed by atoms with van der Waals surface area (Å²) in [6.07, 6.45) is 4.24. The van der Waals surface area contributed by atoms with Crippen molar-refractivity contribution in [3.8, 4) is 0 Å². The van der Waals surface area contributed by atoms with E-state index in [1.165, 1.54) is 10.9 Å². The van der Waals surface area contributed by atoms with Gasteiger partial charge in [0, 0.05) is 29.3 Å². The van der Waals surface area contributed by atoms with Crippen LogP contribution in [0.25, 0.3) is 10.9 Å². The van der Waals surface area contributed by atoms with E-state index in [0.717, 1.165) is 36.0 Å². The molecule has 1 aliphatic rings. The molecule has 0 radical (unpaired) electrons. The molecular weight excluding hydrogens is 278 g/mol. The van der Waals surface area contributed by atoms with Gasteiger partial charge in [0.25, 0.3) is 0 Å². The molecule has 1 aromatic carbocycles. The van der Waals surface area contributed by atoms with Crippen LogP contribution in [-0.2, 0) is 4.74 Å². The highest BCUT2D eigenvalue weighted by Gasteiger charge is 2.16. The summed E-state index contributed by atoms with van der Waals surface area (Å²) >= 11 is 3.51. The van der Waals surface area contributed by atoms with E-state index >= 15 is 0 Å². The Morgan fingerprint density at radius 1 is 1.18 bits per heavy atom. The Balaban J connectivity index is 1.99. The molecule has 1 aromatic heterocycles. The zero-order valence-corrected chi connectivity index (χ0v) is 11.1. The van der Waals surface area contributed by atoms with E-state index < -0.39 is 0 Å². The lowest BCUT2D eigenvalue weighted by Gasteiger charge is -2.22. The number of pyridine rings is 1. The van der Waals surface area contributed by atoms with Crippen LogP contribution in [0.1, 0.15) is 24.3 Å². The van der Waals surface area contributed by atoms with Crippen molar-refractivity contribution < 1.29 is 4.74 Å². The fraction of sp³-hybridized carbons (Fsp3) is 0.357. The third-order valence-electron chi connectivity index (χ3n) is 3.36. The molecule has 1 fully saturated rings. The van der Waals surface area contributed by atoms with Crippen LogP contribution in [0, 0.1) is 0 Å². The highest BCUT2D eigenvalue weighted by Crippen LogP contribution is 2.29. The number of hydrogen-bond donors (Lipinski definition) is 0. The monoisotopic (exact) mass is 291 g/mol.